The van der Waals surface area contributed by atoms with E-state index in [2.05, 4.69) is 11.9 Å². The predicted molar refractivity (Wildman–Crippen MR) is 94.9 cm³/mol. The summed E-state index contributed by atoms with van der Waals surface area (Å²) in [5.74, 6) is 1.41. The summed E-state index contributed by atoms with van der Waals surface area (Å²) in [6, 6.07) is 9.02. The number of nitrogens with zero attached hydrogens (tertiary/aromatic N) is 1. The number of hydrogen-bond donors (Lipinski definition) is 1. The summed E-state index contributed by atoms with van der Waals surface area (Å²) >= 11 is 0. The fourth-order valence-corrected chi connectivity index (χ4v) is 3.01. The molecule has 1 aromatic heterocycles. The molecule has 3 rings (SSSR count). The molecule has 0 aliphatic heterocycles. The number of rotatable bonds is 5. The predicted octanol–water partition coefficient (Wildman–Crippen LogP) is 5.44. The Kier molecular flexibility index (Phi) is 4.25. The molecule has 5 heteroatoms. The van der Waals surface area contributed by atoms with Crippen molar-refractivity contribution >= 4 is 16.6 Å². The van der Waals surface area contributed by atoms with E-state index in [1.165, 1.54) is 5.56 Å². The van der Waals surface area contributed by atoms with E-state index in [4.69, 9.17) is 4.74 Å². The SMILES string of the molecule is CCCc1c[nH]c2ccc(Oc3c(C)cc([N+](=O)[O-])cc3C)cc12. The topological polar surface area (TPSA) is 68.2 Å². The van der Waals surface area contributed by atoms with Crippen LogP contribution >= 0.6 is 0 Å². The first-order valence-electron chi connectivity index (χ1n) is 8.03. The first kappa shape index (κ1) is 16.1. The number of nitro groups is 1. The highest BCUT2D eigenvalue weighted by Crippen LogP contribution is 2.34. The van der Waals surface area contributed by atoms with Crippen molar-refractivity contribution in [3.63, 3.8) is 0 Å². The van der Waals surface area contributed by atoms with E-state index in [1.807, 2.05) is 38.2 Å². The van der Waals surface area contributed by atoms with Crippen molar-refractivity contribution in [2.75, 3.05) is 0 Å². The number of aromatic amines is 1. The van der Waals surface area contributed by atoms with E-state index in [1.54, 1.807) is 12.1 Å². The van der Waals surface area contributed by atoms with Crippen LogP contribution in [-0.4, -0.2) is 9.91 Å². The lowest BCUT2D eigenvalue weighted by atomic mass is 10.1. The molecule has 1 N–H and O–H groups in total. The van der Waals surface area contributed by atoms with E-state index in [0.717, 1.165) is 40.6 Å². The summed E-state index contributed by atoms with van der Waals surface area (Å²) in [5.41, 5.74) is 3.95. The van der Waals surface area contributed by atoms with Gasteiger partial charge in [-0.3, -0.25) is 10.1 Å². The van der Waals surface area contributed by atoms with Crippen LogP contribution in [0.4, 0.5) is 5.69 Å². The Balaban J connectivity index is 1.98. The molecule has 0 bridgehead atoms. The van der Waals surface area contributed by atoms with Crippen molar-refractivity contribution in [2.24, 2.45) is 0 Å². The van der Waals surface area contributed by atoms with E-state index < -0.39 is 0 Å². The lowest BCUT2D eigenvalue weighted by Gasteiger charge is -2.12. The maximum Gasteiger partial charge on any atom is 0.270 e. The van der Waals surface area contributed by atoms with Gasteiger partial charge in [0.25, 0.3) is 5.69 Å². The molecule has 124 valence electrons. The van der Waals surface area contributed by atoms with Crippen LogP contribution < -0.4 is 4.74 Å². The number of non-ortho nitro benzene ring substituents is 1. The first-order valence-corrected chi connectivity index (χ1v) is 8.03. The van der Waals surface area contributed by atoms with Gasteiger partial charge < -0.3 is 9.72 Å². The second-order valence-electron chi connectivity index (χ2n) is 6.04. The van der Waals surface area contributed by atoms with Gasteiger partial charge in [-0.15, -0.1) is 0 Å². The Bertz CT molecular complexity index is 889. The molecule has 0 amide bonds. The molecule has 1 heterocycles. The van der Waals surface area contributed by atoms with Crippen molar-refractivity contribution in [3.8, 4) is 11.5 Å². The minimum Gasteiger partial charge on any atom is -0.457 e. The second kappa shape index (κ2) is 6.35. The molecule has 0 radical (unpaired) electrons. The Hall–Kier alpha value is -2.82. The van der Waals surface area contributed by atoms with E-state index in [9.17, 15) is 10.1 Å². The van der Waals surface area contributed by atoms with Gasteiger partial charge in [0, 0.05) is 29.2 Å². The number of nitro benzene ring substituents is 1. The van der Waals surface area contributed by atoms with Gasteiger partial charge >= 0.3 is 0 Å². The average Bonchev–Trinajstić information content (AvgIpc) is 2.93. The number of hydrogen-bond acceptors (Lipinski definition) is 3. The third-order valence-electron chi connectivity index (χ3n) is 4.13. The Labute approximate surface area is 140 Å². The lowest BCUT2D eigenvalue weighted by molar-refractivity contribution is -0.385. The molecule has 0 aliphatic rings. The molecule has 0 saturated heterocycles. The van der Waals surface area contributed by atoms with Gasteiger partial charge in [-0.1, -0.05) is 13.3 Å². The fourth-order valence-electron chi connectivity index (χ4n) is 3.01. The van der Waals surface area contributed by atoms with Gasteiger partial charge in [0.1, 0.15) is 11.5 Å². The molecule has 0 spiro atoms. The van der Waals surface area contributed by atoms with Gasteiger partial charge in [0.2, 0.25) is 0 Å². The second-order valence-corrected chi connectivity index (χ2v) is 6.04. The number of benzene rings is 2. The van der Waals surface area contributed by atoms with Gasteiger partial charge in [-0.05, 0) is 55.2 Å². The van der Waals surface area contributed by atoms with Crippen LogP contribution in [0.3, 0.4) is 0 Å². The van der Waals surface area contributed by atoms with Gasteiger partial charge in [-0.25, -0.2) is 0 Å². The van der Waals surface area contributed by atoms with Crippen LogP contribution in [0.25, 0.3) is 10.9 Å². The zero-order chi connectivity index (χ0) is 17.3. The molecular formula is C19H20N2O3. The summed E-state index contributed by atoms with van der Waals surface area (Å²) in [6.45, 7) is 5.81. The molecular weight excluding hydrogens is 304 g/mol. The molecule has 0 unspecified atom stereocenters. The minimum absolute atomic E-state index is 0.0867. The molecule has 24 heavy (non-hydrogen) atoms. The maximum absolute atomic E-state index is 11.0. The third kappa shape index (κ3) is 2.97. The molecule has 5 nitrogen and oxygen atoms in total. The van der Waals surface area contributed by atoms with Crippen molar-refractivity contribution in [3.05, 3.63) is 63.3 Å². The largest absolute Gasteiger partial charge is 0.457 e. The Morgan fingerprint density at radius 2 is 1.88 bits per heavy atom. The number of H-pyrrole nitrogens is 1. The molecule has 0 saturated carbocycles. The first-order chi connectivity index (χ1) is 11.5. The van der Waals surface area contributed by atoms with Crippen molar-refractivity contribution in [1.82, 2.24) is 4.98 Å². The Morgan fingerprint density at radius 1 is 1.17 bits per heavy atom. The van der Waals surface area contributed by atoms with Crippen LogP contribution in [0, 0.1) is 24.0 Å². The number of aryl methyl sites for hydroxylation is 3. The highest BCUT2D eigenvalue weighted by Gasteiger charge is 2.14. The quantitative estimate of drug-likeness (QED) is 0.502. The lowest BCUT2D eigenvalue weighted by Crippen LogP contribution is -1.95. The van der Waals surface area contributed by atoms with Gasteiger partial charge in [0.05, 0.1) is 4.92 Å². The molecule has 0 atom stereocenters. The highest BCUT2D eigenvalue weighted by molar-refractivity contribution is 5.84. The monoisotopic (exact) mass is 324 g/mol. The van der Waals surface area contributed by atoms with Crippen LogP contribution in [-0.2, 0) is 6.42 Å². The van der Waals surface area contributed by atoms with Gasteiger partial charge in [-0.2, -0.15) is 0 Å². The molecule has 0 aliphatic carbocycles. The zero-order valence-corrected chi connectivity index (χ0v) is 14.1. The third-order valence-corrected chi connectivity index (χ3v) is 4.13. The van der Waals surface area contributed by atoms with Crippen LogP contribution in [0.5, 0.6) is 11.5 Å². The molecule has 0 fully saturated rings. The Morgan fingerprint density at radius 3 is 2.50 bits per heavy atom. The normalized spacial score (nSPS) is 11.0. The smallest absolute Gasteiger partial charge is 0.270 e. The van der Waals surface area contributed by atoms with Gasteiger partial charge in [0.15, 0.2) is 0 Å². The standard InChI is InChI=1S/C19H20N2O3/c1-4-5-14-11-20-18-7-6-16(10-17(14)18)24-19-12(2)8-15(21(22)23)9-13(19)3/h6-11,20H,4-5H2,1-3H3. The maximum atomic E-state index is 11.0. The summed E-state index contributed by atoms with van der Waals surface area (Å²) in [7, 11) is 0. The minimum atomic E-state index is -0.382. The zero-order valence-electron chi connectivity index (χ0n) is 14.1. The van der Waals surface area contributed by atoms with Crippen LogP contribution in [0.2, 0.25) is 0 Å². The number of fused-ring (bicyclic) bond motifs is 1. The fraction of sp³-hybridized carbons (Fsp3) is 0.263. The van der Waals surface area contributed by atoms with E-state index in [-0.39, 0.29) is 10.6 Å². The van der Waals surface area contributed by atoms with Crippen molar-refractivity contribution in [1.29, 1.82) is 0 Å². The summed E-state index contributed by atoms with van der Waals surface area (Å²) in [5, 5.41) is 12.1. The van der Waals surface area contributed by atoms with Crippen LogP contribution in [0.1, 0.15) is 30.0 Å². The highest BCUT2D eigenvalue weighted by atomic mass is 16.6. The number of nitrogens with one attached hydrogen (secondary N) is 1. The van der Waals surface area contributed by atoms with E-state index >= 15 is 0 Å². The van der Waals surface area contributed by atoms with Crippen molar-refractivity contribution in [2.45, 2.75) is 33.6 Å². The summed E-state index contributed by atoms with van der Waals surface area (Å²) in [4.78, 5) is 13.8. The van der Waals surface area contributed by atoms with E-state index in [0.29, 0.717) is 5.75 Å². The number of ether oxygens (including phenoxy) is 1. The summed E-state index contributed by atoms with van der Waals surface area (Å²) < 4.78 is 6.05. The molecule has 2 aromatic carbocycles. The van der Waals surface area contributed by atoms with Crippen LogP contribution in [0.15, 0.2) is 36.5 Å². The summed E-state index contributed by atoms with van der Waals surface area (Å²) in [6.07, 6.45) is 4.14. The van der Waals surface area contributed by atoms with Crippen molar-refractivity contribution < 1.29 is 9.66 Å². The number of aromatic nitrogens is 1. The molecule has 3 aromatic rings. The average molecular weight is 324 g/mol.